The maximum atomic E-state index is 12.9. The molecule has 5 aromatic rings. The molecule has 0 radical (unpaired) electrons. The van der Waals surface area contributed by atoms with Gasteiger partial charge in [0, 0.05) is 21.8 Å². The van der Waals surface area contributed by atoms with Gasteiger partial charge in [0.25, 0.3) is 5.91 Å². The predicted molar refractivity (Wildman–Crippen MR) is 136 cm³/mol. The lowest BCUT2D eigenvalue weighted by Crippen LogP contribution is -2.11. The van der Waals surface area contributed by atoms with E-state index in [9.17, 15) is 4.79 Å². The van der Waals surface area contributed by atoms with Crippen LogP contribution in [0.15, 0.2) is 69.5 Å². The normalized spacial score (nSPS) is 11.2. The molecule has 0 spiro atoms. The third kappa shape index (κ3) is 4.20. The summed E-state index contributed by atoms with van der Waals surface area (Å²) in [6.07, 6.45) is 0. The third-order valence-electron chi connectivity index (χ3n) is 5.76. The van der Waals surface area contributed by atoms with Crippen LogP contribution in [0.25, 0.3) is 33.9 Å². The highest BCUT2D eigenvalue weighted by molar-refractivity contribution is 6.35. The molecule has 0 aliphatic carbocycles. The SMILES string of the molecule is Cc1cc2nc(-c3ccc(C)c(NC(=O)c4ccc(-c5cc(Cl)ccc5Cl)o4)c3)oc2cc1C. The number of oxazole rings is 1. The largest absolute Gasteiger partial charge is 0.451 e. The van der Waals surface area contributed by atoms with Gasteiger partial charge in [-0.05, 0) is 92.1 Å². The molecule has 0 bridgehead atoms. The molecule has 0 fully saturated rings. The van der Waals surface area contributed by atoms with Crippen molar-refractivity contribution >= 4 is 45.9 Å². The molecule has 0 aliphatic rings. The lowest BCUT2D eigenvalue weighted by molar-refractivity contribution is 0.0997. The smallest absolute Gasteiger partial charge is 0.291 e. The van der Waals surface area contributed by atoms with Gasteiger partial charge < -0.3 is 14.2 Å². The third-order valence-corrected chi connectivity index (χ3v) is 6.32. The van der Waals surface area contributed by atoms with Crippen LogP contribution in [-0.2, 0) is 0 Å². The van der Waals surface area contributed by atoms with Crippen LogP contribution in [0.4, 0.5) is 5.69 Å². The van der Waals surface area contributed by atoms with Crippen LogP contribution in [0.3, 0.4) is 0 Å². The first kappa shape index (κ1) is 22.3. The number of aryl methyl sites for hydroxylation is 3. The molecule has 5 nitrogen and oxygen atoms in total. The van der Waals surface area contributed by atoms with Gasteiger partial charge >= 0.3 is 0 Å². The molecule has 0 atom stereocenters. The first-order valence-corrected chi connectivity index (χ1v) is 11.4. The van der Waals surface area contributed by atoms with Crippen molar-refractivity contribution in [2.24, 2.45) is 0 Å². The lowest BCUT2D eigenvalue weighted by Gasteiger charge is -2.08. The Balaban J connectivity index is 1.42. The van der Waals surface area contributed by atoms with E-state index in [4.69, 9.17) is 32.0 Å². The van der Waals surface area contributed by atoms with Crippen molar-refractivity contribution in [2.45, 2.75) is 20.8 Å². The molecule has 0 saturated heterocycles. The molecule has 1 amide bonds. The average Bonchev–Trinajstić information content (AvgIpc) is 3.45. The van der Waals surface area contributed by atoms with E-state index in [0.29, 0.717) is 32.9 Å². The second-order valence-corrected chi connectivity index (χ2v) is 9.04. The second kappa shape index (κ2) is 8.67. The van der Waals surface area contributed by atoms with Gasteiger partial charge in [0.2, 0.25) is 5.89 Å². The molecule has 2 aromatic heterocycles. The minimum absolute atomic E-state index is 0.156. The van der Waals surface area contributed by atoms with Gasteiger partial charge in [0.05, 0.1) is 5.02 Å². The van der Waals surface area contributed by atoms with Crippen LogP contribution in [-0.4, -0.2) is 10.9 Å². The molecule has 170 valence electrons. The van der Waals surface area contributed by atoms with Gasteiger partial charge in [-0.25, -0.2) is 4.98 Å². The van der Waals surface area contributed by atoms with Crippen LogP contribution in [0, 0.1) is 20.8 Å². The van der Waals surface area contributed by atoms with Crippen molar-refractivity contribution in [3.8, 4) is 22.8 Å². The molecule has 0 unspecified atom stereocenters. The number of hydrogen-bond acceptors (Lipinski definition) is 4. The highest BCUT2D eigenvalue weighted by atomic mass is 35.5. The van der Waals surface area contributed by atoms with Crippen molar-refractivity contribution in [3.63, 3.8) is 0 Å². The van der Waals surface area contributed by atoms with Crippen molar-refractivity contribution in [1.29, 1.82) is 0 Å². The number of fused-ring (bicyclic) bond motifs is 1. The summed E-state index contributed by atoms with van der Waals surface area (Å²) < 4.78 is 11.8. The van der Waals surface area contributed by atoms with Gasteiger partial charge in [0.1, 0.15) is 11.3 Å². The highest BCUT2D eigenvalue weighted by Crippen LogP contribution is 2.33. The number of nitrogens with one attached hydrogen (secondary N) is 1. The van der Waals surface area contributed by atoms with Gasteiger partial charge in [-0.2, -0.15) is 0 Å². The van der Waals surface area contributed by atoms with Gasteiger partial charge in [-0.1, -0.05) is 29.3 Å². The zero-order chi connectivity index (χ0) is 24.0. The first-order valence-electron chi connectivity index (χ1n) is 10.6. The highest BCUT2D eigenvalue weighted by Gasteiger charge is 2.17. The molecule has 7 heteroatoms. The summed E-state index contributed by atoms with van der Waals surface area (Å²) in [6, 6.07) is 18.0. The zero-order valence-corrected chi connectivity index (χ0v) is 20.2. The van der Waals surface area contributed by atoms with E-state index in [-0.39, 0.29) is 11.7 Å². The Labute approximate surface area is 206 Å². The van der Waals surface area contributed by atoms with Gasteiger partial charge in [-0.15, -0.1) is 0 Å². The van der Waals surface area contributed by atoms with Crippen LogP contribution in [0.2, 0.25) is 10.0 Å². The van der Waals surface area contributed by atoms with E-state index >= 15 is 0 Å². The minimum Gasteiger partial charge on any atom is -0.451 e. The number of carbonyl (C=O) groups is 1. The molecule has 34 heavy (non-hydrogen) atoms. The summed E-state index contributed by atoms with van der Waals surface area (Å²) in [7, 11) is 0. The Morgan fingerprint density at radius 3 is 2.47 bits per heavy atom. The summed E-state index contributed by atoms with van der Waals surface area (Å²) in [5, 5.41) is 3.93. The van der Waals surface area contributed by atoms with Crippen LogP contribution in [0.5, 0.6) is 0 Å². The molecular formula is C27H20Cl2N2O3. The number of nitrogens with zero attached hydrogens (tertiary/aromatic N) is 1. The molecular weight excluding hydrogens is 471 g/mol. The lowest BCUT2D eigenvalue weighted by atomic mass is 10.1. The predicted octanol–water partition coefficient (Wildman–Crippen LogP) is 8.24. The molecule has 5 rings (SSSR count). The topological polar surface area (TPSA) is 68.3 Å². The first-order chi connectivity index (χ1) is 16.3. The number of furan rings is 1. The number of aromatic nitrogens is 1. The maximum Gasteiger partial charge on any atom is 0.291 e. The van der Waals surface area contributed by atoms with Crippen LogP contribution in [0.1, 0.15) is 27.2 Å². The summed E-state index contributed by atoms with van der Waals surface area (Å²) >= 11 is 12.3. The number of hydrogen-bond donors (Lipinski definition) is 1. The molecule has 1 N–H and O–H groups in total. The van der Waals surface area contributed by atoms with E-state index in [1.165, 1.54) is 0 Å². The van der Waals surface area contributed by atoms with E-state index in [1.807, 2.05) is 51.1 Å². The molecule has 3 aromatic carbocycles. The van der Waals surface area contributed by atoms with Crippen molar-refractivity contribution in [2.75, 3.05) is 5.32 Å². The fourth-order valence-electron chi connectivity index (χ4n) is 3.67. The quantitative estimate of drug-likeness (QED) is 0.275. The van der Waals surface area contributed by atoms with E-state index in [0.717, 1.165) is 33.4 Å². The van der Waals surface area contributed by atoms with Gasteiger partial charge in [-0.3, -0.25) is 4.79 Å². The van der Waals surface area contributed by atoms with E-state index in [1.54, 1.807) is 30.3 Å². The van der Waals surface area contributed by atoms with E-state index < -0.39 is 0 Å². The molecule has 2 heterocycles. The second-order valence-electron chi connectivity index (χ2n) is 8.20. The fraction of sp³-hybridized carbons (Fsp3) is 0.111. The van der Waals surface area contributed by atoms with Crippen molar-refractivity contribution < 1.29 is 13.6 Å². The Morgan fingerprint density at radius 2 is 1.65 bits per heavy atom. The number of halogens is 2. The molecule has 0 saturated carbocycles. The number of carbonyl (C=O) groups excluding carboxylic acids is 1. The fourth-order valence-corrected chi connectivity index (χ4v) is 4.05. The number of rotatable bonds is 4. The Bertz CT molecular complexity index is 1530. The van der Waals surface area contributed by atoms with Crippen LogP contribution < -0.4 is 5.32 Å². The monoisotopic (exact) mass is 490 g/mol. The standard InChI is InChI=1S/C27H20Cl2N2O3/c1-14-4-5-17(27-31-22-10-15(2)16(3)11-25(22)34-27)12-21(14)30-26(32)24-9-8-23(33-24)19-13-18(28)6-7-20(19)29/h4-13H,1-3H3,(H,30,32). The number of benzene rings is 3. The van der Waals surface area contributed by atoms with Crippen molar-refractivity contribution in [3.05, 3.63) is 93.2 Å². The molecule has 0 aliphatic heterocycles. The summed E-state index contributed by atoms with van der Waals surface area (Å²) in [6.45, 7) is 6.00. The summed E-state index contributed by atoms with van der Waals surface area (Å²) in [5.41, 5.74) is 6.73. The Morgan fingerprint density at radius 1 is 0.853 bits per heavy atom. The number of amides is 1. The van der Waals surface area contributed by atoms with E-state index in [2.05, 4.69) is 10.3 Å². The van der Waals surface area contributed by atoms with Gasteiger partial charge in [0.15, 0.2) is 11.3 Å². The number of anilines is 1. The van der Waals surface area contributed by atoms with Crippen LogP contribution >= 0.6 is 23.2 Å². The Hall–Kier alpha value is -3.54. The van der Waals surface area contributed by atoms with Crippen molar-refractivity contribution in [1.82, 2.24) is 4.98 Å². The summed E-state index contributed by atoms with van der Waals surface area (Å²) in [5.74, 6) is 0.726. The summed E-state index contributed by atoms with van der Waals surface area (Å²) in [4.78, 5) is 17.5. The Kier molecular flexibility index (Phi) is 5.68. The average molecular weight is 491 g/mol. The maximum absolute atomic E-state index is 12.9. The minimum atomic E-state index is -0.381. The zero-order valence-electron chi connectivity index (χ0n) is 18.7.